The summed E-state index contributed by atoms with van der Waals surface area (Å²) in [4.78, 5) is 20.3. The van der Waals surface area contributed by atoms with Gasteiger partial charge in [0.05, 0.1) is 4.92 Å². The van der Waals surface area contributed by atoms with Crippen molar-refractivity contribution in [2.45, 2.75) is 13.3 Å². The van der Waals surface area contributed by atoms with E-state index in [1.54, 1.807) is 13.0 Å². The van der Waals surface area contributed by atoms with Gasteiger partial charge in [0.2, 0.25) is 0 Å². The average molecular weight is 194 g/mol. The third kappa shape index (κ3) is 2.07. The zero-order valence-corrected chi connectivity index (χ0v) is 7.52. The Bertz CT molecular complexity index is 386. The summed E-state index contributed by atoms with van der Waals surface area (Å²) in [5.41, 5.74) is 0.620. The van der Waals surface area contributed by atoms with Crippen LogP contribution < -0.4 is 5.11 Å². The molecule has 5 nitrogen and oxygen atoms in total. The lowest BCUT2D eigenvalue weighted by atomic mass is 10.0. The van der Waals surface area contributed by atoms with Crippen LogP contribution in [-0.2, 0) is 11.2 Å². The van der Waals surface area contributed by atoms with E-state index in [0.29, 0.717) is 5.56 Å². The lowest BCUT2D eigenvalue weighted by molar-refractivity contribution is -0.385. The Hall–Kier alpha value is -1.91. The first-order valence-corrected chi connectivity index (χ1v) is 3.95. The van der Waals surface area contributed by atoms with Crippen LogP contribution in [0.1, 0.15) is 11.1 Å². The first kappa shape index (κ1) is 10.2. The van der Waals surface area contributed by atoms with Crippen LogP contribution >= 0.6 is 0 Å². The molecule has 0 aliphatic rings. The van der Waals surface area contributed by atoms with Gasteiger partial charge in [-0.25, -0.2) is 0 Å². The number of hydrogen-bond acceptors (Lipinski definition) is 4. The lowest BCUT2D eigenvalue weighted by Crippen LogP contribution is -2.25. The summed E-state index contributed by atoms with van der Waals surface area (Å²) < 4.78 is 0. The number of nitro groups is 1. The van der Waals surface area contributed by atoms with E-state index < -0.39 is 17.3 Å². The first-order chi connectivity index (χ1) is 6.52. The third-order valence-electron chi connectivity index (χ3n) is 1.90. The number of aliphatic carboxylic acids is 1. The highest BCUT2D eigenvalue weighted by Gasteiger charge is 2.14. The van der Waals surface area contributed by atoms with Crippen molar-refractivity contribution in [3.8, 4) is 0 Å². The molecule has 0 aromatic heterocycles. The molecule has 0 saturated heterocycles. The summed E-state index contributed by atoms with van der Waals surface area (Å²) in [6, 6.07) is 4.43. The molecule has 1 aromatic carbocycles. The molecule has 14 heavy (non-hydrogen) atoms. The quantitative estimate of drug-likeness (QED) is 0.508. The van der Waals surface area contributed by atoms with Crippen LogP contribution in [0, 0.1) is 17.0 Å². The van der Waals surface area contributed by atoms with E-state index in [0.717, 1.165) is 0 Å². The molecule has 0 unspecified atom stereocenters. The summed E-state index contributed by atoms with van der Waals surface area (Å²) in [5.74, 6) is -1.32. The molecule has 0 N–H and O–H groups in total. The van der Waals surface area contributed by atoms with Crippen LogP contribution in [0.2, 0.25) is 0 Å². The summed E-state index contributed by atoms with van der Waals surface area (Å²) in [6.45, 7) is 1.63. The average Bonchev–Trinajstić information content (AvgIpc) is 2.07. The van der Waals surface area contributed by atoms with Crippen LogP contribution in [0.3, 0.4) is 0 Å². The fourth-order valence-electron chi connectivity index (χ4n) is 1.23. The molecule has 0 aliphatic heterocycles. The van der Waals surface area contributed by atoms with E-state index >= 15 is 0 Å². The van der Waals surface area contributed by atoms with Crippen LogP contribution in [-0.4, -0.2) is 10.9 Å². The Morgan fingerprint density at radius 3 is 2.64 bits per heavy atom. The Morgan fingerprint density at radius 1 is 1.50 bits per heavy atom. The molecule has 0 atom stereocenters. The molecule has 0 fully saturated rings. The maximum Gasteiger partial charge on any atom is 0.273 e. The molecule has 0 saturated carbocycles. The van der Waals surface area contributed by atoms with Gasteiger partial charge in [-0.15, -0.1) is 0 Å². The second-order valence-corrected chi connectivity index (χ2v) is 2.88. The van der Waals surface area contributed by atoms with E-state index in [-0.39, 0.29) is 11.3 Å². The van der Waals surface area contributed by atoms with Gasteiger partial charge in [0.15, 0.2) is 0 Å². The van der Waals surface area contributed by atoms with Gasteiger partial charge < -0.3 is 9.90 Å². The van der Waals surface area contributed by atoms with Crippen LogP contribution in [0.15, 0.2) is 18.2 Å². The van der Waals surface area contributed by atoms with Gasteiger partial charge in [0.1, 0.15) is 0 Å². The van der Waals surface area contributed by atoms with E-state index in [4.69, 9.17) is 0 Å². The Balaban J connectivity index is 3.22. The van der Waals surface area contributed by atoms with Gasteiger partial charge in [-0.3, -0.25) is 10.1 Å². The zero-order chi connectivity index (χ0) is 10.7. The summed E-state index contributed by atoms with van der Waals surface area (Å²) in [7, 11) is 0. The minimum absolute atomic E-state index is 0.172. The number of carboxylic acid groups (broad SMARTS) is 1. The normalized spacial score (nSPS) is 9.79. The van der Waals surface area contributed by atoms with Crippen molar-refractivity contribution < 1.29 is 14.8 Å². The predicted molar refractivity (Wildman–Crippen MR) is 46.5 cm³/mol. The number of nitrogens with zero attached hydrogens (tertiary/aromatic N) is 1. The van der Waals surface area contributed by atoms with Crippen molar-refractivity contribution in [1.29, 1.82) is 0 Å². The molecule has 1 aromatic rings. The van der Waals surface area contributed by atoms with Gasteiger partial charge in [-0.1, -0.05) is 12.1 Å². The van der Waals surface area contributed by atoms with Crippen LogP contribution in [0.4, 0.5) is 5.69 Å². The molecule has 0 radical (unpaired) electrons. The zero-order valence-electron chi connectivity index (χ0n) is 7.52. The highest BCUT2D eigenvalue weighted by molar-refractivity contribution is 5.70. The maximum atomic E-state index is 10.5. The Labute approximate surface area is 80.1 Å². The molecule has 0 bridgehead atoms. The Morgan fingerprint density at radius 2 is 2.14 bits per heavy atom. The first-order valence-electron chi connectivity index (χ1n) is 3.95. The van der Waals surface area contributed by atoms with E-state index in [9.17, 15) is 20.0 Å². The number of aryl methyl sites for hydroxylation is 1. The largest absolute Gasteiger partial charge is 0.550 e. The highest BCUT2D eigenvalue weighted by Crippen LogP contribution is 2.21. The fourth-order valence-corrected chi connectivity index (χ4v) is 1.23. The number of nitro benzene ring substituents is 1. The summed E-state index contributed by atoms with van der Waals surface area (Å²) >= 11 is 0. The van der Waals surface area contributed by atoms with Gasteiger partial charge in [-0.2, -0.15) is 0 Å². The maximum absolute atomic E-state index is 10.5. The van der Waals surface area contributed by atoms with Crippen LogP contribution in [0.5, 0.6) is 0 Å². The SMILES string of the molecule is Cc1cccc([N+](=O)[O-])c1CC(=O)[O-]. The standard InChI is InChI=1S/C9H9NO4/c1-6-3-2-4-8(10(13)14)7(6)5-9(11)12/h2-4H,5H2,1H3,(H,11,12)/p-1. The van der Waals surface area contributed by atoms with Crippen molar-refractivity contribution in [3.05, 3.63) is 39.4 Å². The second-order valence-electron chi connectivity index (χ2n) is 2.88. The van der Waals surface area contributed by atoms with Gasteiger partial charge in [0, 0.05) is 24.0 Å². The number of carbonyl (C=O) groups is 1. The van der Waals surface area contributed by atoms with E-state index in [1.807, 2.05) is 0 Å². The third-order valence-corrected chi connectivity index (χ3v) is 1.90. The molecule has 1 rings (SSSR count). The monoisotopic (exact) mass is 194 g/mol. The molecular formula is C9H8NO4-. The molecule has 74 valence electrons. The van der Waals surface area contributed by atoms with Crippen molar-refractivity contribution in [2.75, 3.05) is 0 Å². The minimum Gasteiger partial charge on any atom is -0.550 e. The van der Waals surface area contributed by atoms with Gasteiger partial charge >= 0.3 is 0 Å². The Kier molecular flexibility index (Phi) is 2.81. The number of rotatable bonds is 3. The van der Waals surface area contributed by atoms with Gasteiger partial charge in [-0.05, 0) is 12.5 Å². The number of carboxylic acids is 1. The van der Waals surface area contributed by atoms with Gasteiger partial charge in [0.25, 0.3) is 5.69 Å². The van der Waals surface area contributed by atoms with E-state index in [1.165, 1.54) is 12.1 Å². The van der Waals surface area contributed by atoms with Crippen LogP contribution in [0.25, 0.3) is 0 Å². The smallest absolute Gasteiger partial charge is 0.273 e. The number of benzene rings is 1. The predicted octanol–water partition coefficient (Wildman–Crippen LogP) is 0.196. The fraction of sp³-hybridized carbons (Fsp3) is 0.222. The lowest BCUT2D eigenvalue weighted by Gasteiger charge is -2.06. The molecular weight excluding hydrogens is 186 g/mol. The van der Waals surface area contributed by atoms with Crippen molar-refractivity contribution in [2.24, 2.45) is 0 Å². The van der Waals surface area contributed by atoms with E-state index in [2.05, 4.69) is 0 Å². The highest BCUT2D eigenvalue weighted by atomic mass is 16.6. The second kappa shape index (κ2) is 3.87. The number of hydrogen-bond donors (Lipinski definition) is 0. The number of carbonyl (C=O) groups excluding carboxylic acids is 1. The minimum atomic E-state index is -1.32. The molecule has 0 aliphatic carbocycles. The molecule has 0 spiro atoms. The summed E-state index contributed by atoms with van der Waals surface area (Å²) in [6.07, 6.45) is -0.428. The topological polar surface area (TPSA) is 83.3 Å². The molecule has 0 heterocycles. The summed E-state index contributed by atoms with van der Waals surface area (Å²) in [5, 5.41) is 20.9. The van der Waals surface area contributed by atoms with Crippen molar-refractivity contribution in [3.63, 3.8) is 0 Å². The van der Waals surface area contributed by atoms with Crippen molar-refractivity contribution >= 4 is 11.7 Å². The van der Waals surface area contributed by atoms with Crippen molar-refractivity contribution in [1.82, 2.24) is 0 Å². The molecule has 5 heteroatoms. The molecule has 0 amide bonds.